The van der Waals surface area contributed by atoms with Gasteiger partial charge in [0, 0.05) is 11.5 Å². The van der Waals surface area contributed by atoms with Crippen LogP contribution in [0.3, 0.4) is 0 Å². The quantitative estimate of drug-likeness (QED) is 0.483. The largest absolute Gasteiger partial charge is 0.340 e. The average Bonchev–Trinajstić information content (AvgIpc) is 2.82. The molecule has 0 radical (unpaired) electrons. The number of imide groups is 1. The van der Waals surface area contributed by atoms with Crippen molar-refractivity contribution in [3.05, 3.63) is 67.9 Å². The molecule has 0 aromatic heterocycles. The SMILES string of the molecule is Cc1cc([N+](=O)[O-])c(N2C(=O)C=C([N+](=O)[O-])C2=O)c2ccccc12. The lowest BCUT2D eigenvalue weighted by Crippen LogP contribution is -2.32. The number of carbonyl (C=O) groups excluding carboxylic acids is 2. The third-order valence-electron chi connectivity index (χ3n) is 3.72. The highest BCUT2D eigenvalue weighted by atomic mass is 16.6. The van der Waals surface area contributed by atoms with Crippen molar-refractivity contribution in [3.8, 4) is 0 Å². The molecule has 0 spiro atoms. The van der Waals surface area contributed by atoms with E-state index in [1.807, 2.05) is 0 Å². The van der Waals surface area contributed by atoms with Crippen molar-refractivity contribution in [1.29, 1.82) is 0 Å². The number of hydrogen-bond donors (Lipinski definition) is 0. The van der Waals surface area contributed by atoms with Gasteiger partial charge in [0.15, 0.2) is 0 Å². The lowest BCUT2D eigenvalue weighted by atomic mass is 10.0. The third kappa shape index (κ3) is 2.10. The third-order valence-corrected chi connectivity index (χ3v) is 3.72. The minimum Gasteiger partial charge on any atom is -0.269 e. The molecule has 0 unspecified atom stereocenters. The van der Waals surface area contributed by atoms with Gasteiger partial charge in [0.25, 0.3) is 11.6 Å². The first-order valence-electron chi connectivity index (χ1n) is 6.74. The van der Waals surface area contributed by atoms with Gasteiger partial charge in [-0.25, -0.2) is 4.90 Å². The maximum Gasteiger partial charge on any atom is 0.340 e. The summed E-state index contributed by atoms with van der Waals surface area (Å²) in [7, 11) is 0. The Bertz CT molecular complexity index is 979. The summed E-state index contributed by atoms with van der Waals surface area (Å²) in [5.41, 5.74) is -1.06. The summed E-state index contributed by atoms with van der Waals surface area (Å²) in [6.07, 6.45) is 0.570. The second-order valence-electron chi connectivity index (χ2n) is 5.13. The van der Waals surface area contributed by atoms with E-state index in [1.165, 1.54) is 12.1 Å². The van der Waals surface area contributed by atoms with Gasteiger partial charge in [0.05, 0.1) is 15.9 Å². The Labute approximate surface area is 134 Å². The van der Waals surface area contributed by atoms with E-state index in [-0.39, 0.29) is 5.69 Å². The van der Waals surface area contributed by atoms with Crippen molar-refractivity contribution >= 4 is 34.0 Å². The van der Waals surface area contributed by atoms with Crippen molar-refractivity contribution in [1.82, 2.24) is 0 Å². The highest BCUT2D eigenvalue weighted by Gasteiger charge is 2.43. The highest BCUT2D eigenvalue weighted by molar-refractivity contribution is 6.32. The molecule has 0 atom stereocenters. The molecule has 2 amide bonds. The van der Waals surface area contributed by atoms with Crippen LogP contribution in [0.4, 0.5) is 11.4 Å². The molecular weight excluding hydrogens is 318 g/mol. The molecule has 3 rings (SSSR count). The number of aryl methyl sites for hydroxylation is 1. The number of benzene rings is 2. The average molecular weight is 327 g/mol. The Hall–Kier alpha value is -3.62. The fraction of sp³-hybridized carbons (Fsp3) is 0.0667. The van der Waals surface area contributed by atoms with E-state index in [0.29, 0.717) is 27.3 Å². The number of amides is 2. The molecule has 1 aliphatic heterocycles. The summed E-state index contributed by atoms with van der Waals surface area (Å²) in [6, 6.07) is 7.75. The fourth-order valence-corrected chi connectivity index (χ4v) is 2.70. The van der Waals surface area contributed by atoms with Crippen LogP contribution in [-0.4, -0.2) is 21.7 Å². The second kappa shape index (κ2) is 5.23. The van der Waals surface area contributed by atoms with Crippen molar-refractivity contribution in [2.45, 2.75) is 6.92 Å². The van der Waals surface area contributed by atoms with Gasteiger partial charge in [-0.05, 0) is 17.9 Å². The number of carbonyl (C=O) groups is 2. The molecule has 0 fully saturated rings. The van der Waals surface area contributed by atoms with E-state index in [0.717, 1.165) is 0 Å². The van der Waals surface area contributed by atoms with E-state index >= 15 is 0 Å². The molecule has 2 aromatic carbocycles. The van der Waals surface area contributed by atoms with Crippen molar-refractivity contribution < 1.29 is 19.4 Å². The first kappa shape index (κ1) is 15.3. The Kier molecular flexibility index (Phi) is 3.33. The number of fused-ring (bicyclic) bond motifs is 1. The van der Waals surface area contributed by atoms with E-state index < -0.39 is 33.0 Å². The Morgan fingerprint density at radius 2 is 1.62 bits per heavy atom. The predicted molar refractivity (Wildman–Crippen MR) is 82.9 cm³/mol. The maximum absolute atomic E-state index is 12.2. The van der Waals surface area contributed by atoms with Crippen LogP contribution < -0.4 is 4.90 Å². The van der Waals surface area contributed by atoms with Crippen LogP contribution in [0.1, 0.15) is 5.56 Å². The van der Waals surface area contributed by atoms with Crippen LogP contribution >= 0.6 is 0 Å². The first-order valence-corrected chi connectivity index (χ1v) is 6.74. The zero-order valence-corrected chi connectivity index (χ0v) is 12.3. The molecule has 0 aliphatic carbocycles. The Morgan fingerprint density at radius 1 is 1.00 bits per heavy atom. The fourth-order valence-electron chi connectivity index (χ4n) is 2.70. The number of nitro groups is 2. The minimum absolute atomic E-state index is 0.260. The topological polar surface area (TPSA) is 124 Å². The van der Waals surface area contributed by atoms with Crippen LogP contribution in [0.15, 0.2) is 42.1 Å². The number of rotatable bonds is 3. The van der Waals surface area contributed by atoms with Crippen LogP contribution in [0.25, 0.3) is 10.8 Å². The molecular formula is C15H9N3O6. The molecule has 0 bridgehead atoms. The molecule has 24 heavy (non-hydrogen) atoms. The summed E-state index contributed by atoms with van der Waals surface area (Å²) in [6.45, 7) is 1.66. The molecule has 1 heterocycles. The van der Waals surface area contributed by atoms with Crippen LogP contribution in [-0.2, 0) is 9.59 Å². The maximum atomic E-state index is 12.2. The van der Waals surface area contributed by atoms with Gasteiger partial charge in [-0.3, -0.25) is 29.8 Å². The number of hydrogen-bond acceptors (Lipinski definition) is 6. The van der Waals surface area contributed by atoms with Gasteiger partial charge in [0.2, 0.25) is 0 Å². The molecule has 120 valence electrons. The lowest BCUT2D eigenvalue weighted by molar-refractivity contribution is -0.418. The minimum atomic E-state index is -1.19. The summed E-state index contributed by atoms with van der Waals surface area (Å²) in [5, 5.41) is 23.2. The molecule has 9 heteroatoms. The predicted octanol–water partition coefficient (Wildman–Crippen LogP) is 2.09. The van der Waals surface area contributed by atoms with Gasteiger partial charge in [-0.1, -0.05) is 24.3 Å². The normalized spacial score (nSPS) is 14.2. The number of nitro benzene ring substituents is 1. The lowest BCUT2D eigenvalue weighted by Gasteiger charge is -2.17. The zero-order chi connectivity index (χ0) is 17.6. The van der Waals surface area contributed by atoms with E-state index in [4.69, 9.17) is 0 Å². The molecule has 1 aliphatic rings. The van der Waals surface area contributed by atoms with Crippen LogP contribution in [0.5, 0.6) is 0 Å². The molecule has 0 saturated heterocycles. The van der Waals surface area contributed by atoms with Crippen LogP contribution in [0.2, 0.25) is 0 Å². The van der Waals surface area contributed by atoms with Gasteiger partial charge < -0.3 is 0 Å². The summed E-state index contributed by atoms with van der Waals surface area (Å²) in [4.78, 5) is 45.4. The zero-order valence-electron chi connectivity index (χ0n) is 12.3. The summed E-state index contributed by atoms with van der Waals surface area (Å²) in [5.74, 6) is -2.18. The monoisotopic (exact) mass is 327 g/mol. The standard InChI is InChI=1S/C15H9N3O6/c1-8-6-11(17(21)22)14(10-5-3-2-4-9(8)10)16-13(19)7-12(15(16)20)18(23)24/h2-7H,1H3. The van der Waals surface area contributed by atoms with E-state index in [9.17, 15) is 29.8 Å². The van der Waals surface area contributed by atoms with Gasteiger partial charge in [0.1, 0.15) is 5.69 Å². The first-order chi connectivity index (χ1) is 11.3. The van der Waals surface area contributed by atoms with Crippen molar-refractivity contribution in [3.63, 3.8) is 0 Å². The highest BCUT2D eigenvalue weighted by Crippen LogP contribution is 2.40. The molecule has 0 saturated carbocycles. The summed E-state index contributed by atoms with van der Waals surface area (Å²) >= 11 is 0. The molecule has 9 nitrogen and oxygen atoms in total. The van der Waals surface area contributed by atoms with Crippen molar-refractivity contribution in [2.75, 3.05) is 4.90 Å². The van der Waals surface area contributed by atoms with E-state index in [1.54, 1.807) is 25.1 Å². The van der Waals surface area contributed by atoms with Gasteiger partial charge >= 0.3 is 11.6 Å². The van der Waals surface area contributed by atoms with Gasteiger partial charge in [-0.2, -0.15) is 0 Å². The Morgan fingerprint density at radius 3 is 2.17 bits per heavy atom. The summed E-state index contributed by atoms with van der Waals surface area (Å²) < 4.78 is 0. The molecule has 0 N–H and O–H groups in total. The van der Waals surface area contributed by atoms with E-state index in [2.05, 4.69) is 0 Å². The number of anilines is 1. The second-order valence-corrected chi connectivity index (χ2v) is 5.13. The van der Waals surface area contributed by atoms with Crippen LogP contribution in [0, 0.1) is 27.2 Å². The van der Waals surface area contributed by atoms with Crippen molar-refractivity contribution in [2.24, 2.45) is 0 Å². The smallest absolute Gasteiger partial charge is 0.269 e. The van der Waals surface area contributed by atoms with Gasteiger partial charge in [-0.15, -0.1) is 0 Å². The Balaban J connectivity index is 2.34. The molecule has 2 aromatic rings. The number of nitrogens with zero attached hydrogens (tertiary/aromatic N) is 3.